The van der Waals surface area contributed by atoms with Gasteiger partial charge in [0.25, 0.3) is 0 Å². The molecule has 0 aliphatic heterocycles. The van der Waals surface area contributed by atoms with E-state index in [4.69, 9.17) is 17.3 Å². The van der Waals surface area contributed by atoms with E-state index in [-0.39, 0.29) is 0 Å². The predicted molar refractivity (Wildman–Crippen MR) is 76.9 cm³/mol. The van der Waals surface area contributed by atoms with Crippen LogP contribution in [0.3, 0.4) is 0 Å². The zero-order chi connectivity index (χ0) is 13.3. The fourth-order valence-corrected chi connectivity index (χ4v) is 2.09. The van der Waals surface area contributed by atoms with Crippen LogP contribution in [0.15, 0.2) is 18.2 Å². The number of aromatic nitrogens is 2. The van der Waals surface area contributed by atoms with Crippen molar-refractivity contribution in [3.8, 4) is 0 Å². The largest absolute Gasteiger partial charge is 0.382 e. The van der Waals surface area contributed by atoms with E-state index in [1.807, 2.05) is 22.9 Å². The van der Waals surface area contributed by atoms with Gasteiger partial charge in [0.2, 0.25) is 0 Å². The molecule has 0 fully saturated rings. The van der Waals surface area contributed by atoms with Gasteiger partial charge in [0.15, 0.2) is 5.82 Å². The van der Waals surface area contributed by atoms with Crippen molar-refractivity contribution in [2.24, 2.45) is 0 Å². The molecule has 1 aromatic heterocycles. The van der Waals surface area contributed by atoms with Gasteiger partial charge in [0.05, 0.1) is 5.52 Å². The van der Waals surface area contributed by atoms with Crippen molar-refractivity contribution in [2.75, 3.05) is 19.8 Å². The summed E-state index contributed by atoms with van der Waals surface area (Å²) < 4.78 is 1.96. The average molecular weight is 267 g/mol. The number of nitrogen functional groups attached to an aromatic ring is 1. The van der Waals surface area contributed by atoms with Crippen molar-refractivity contribution in [1.82, 2.24) is 14.7 Å². The Kier molecular flexibility index (Phi) is 3.78. The molecule has 1 unspecified atom stereocenters. The van der Waals surface area contributed by atoms with Gasteiger partial charge in [-0.3, -0.25) is 4.68 Å². The van der Waals surface area contributed by atoms with Crippen LogP contribution in [0.2, 0.25) is 5.02 Å². The summed E-state index contributed by atoms with van der Waals surface area (Å²) in [6.07, 6.45) is 1.03. The minimum Gasteiger partial charge on any atom is -0.382 e. The van der Waals surface area contributed by atoms with Crippen molar-refractivity contribution in [1.29, 1.82) is 0 Å². The first-order valence-electron chi connectivity index (χ1n) is 6.07. The first-order chi connectivity index (χ1) is 8.49. The number of anilines is 1. The normalized spacial score (nSPS) is 13.4. The molecule has 0 aliphatic carbocycles. The van der Waals surface area contributed by atoms with Crippen LogP contribution in [0.1, 0.15) is 13.3 Å². The van der Waals surface area contributed by atoms with Crippen LogP contribution < -0.4 is 5.73 Å². The molecule has 0 saturated heterocycles. The lowest BCUT2D eigenvalue weighted by Crippen LogP contribution is -2.26. The Labute approximate surface area is 112 Å². The van der Waals surface area contributed by atoms with Crippen molar-refractivity contribution >= 4 is 28.3 Å². The van der Waals surface area contributed by atoms with Crippen LogP contribution in [0.5, 0.6) is 0 Å². The maximum Gasteiger partial charge on any atom is 0.153 e. The zero-order valence-electron chi connectivity index (χ0n) is 11.0. The molecule has 0 saturated carbocycles. The SMILES string of the molecule is CC(CCn1nc(N)c2cc(Cl)ccc21)N(C)C. The highest BCUT2D eigenvalue weighted by Gasteiger charge is 2.10. The number of nitrogens with two attached hydrogens (primary N) is 1. The molecule has 0 bridgehead atoms. The quantitative estimate of drug-likeness (QED) is 0.925. The maximum atomic E-state index is 5.97. The van der Waals surface area contributed by atoms with Gasteiger partial charge in [-0.2, -0.15) is 5.10 Å². The second-order valence-corrected chi connectivity index (χ2v) is 5.31. The third kappa shape index (κ3) is 2.60. The number of fused-ring (bicyclic) bond motifs is 1. The second kappa shape index (κ2) is 5.16. The van der Waals surface area contributed by atoms with Crippen LogP contribution in [0, 0.1) is 0 Å². The number of aryl methyl sites for hydroxylation is 1. The van der Waals surface area contributed by atoms with Crippen molar-refractivity contribution in [3.63, 3.8) is 0 Å². The van der Waals surface area contributed by atoms with Crippen molar-refractivity contribution in [2.45, 2.75) is 25.9 Å². The number of hydrogen-bond acceptors (Lipinski definition) is 3. The van der Waals surface area contributed by atoms with E-state index < -0.39 is 0 Å². The number of hydrogen-bond donors (Lipinski definition) is 1. The zero-order valence-corrected chi connectivity index (χ0v) is 11.8. The maximum absolute atomic E-state index is 5.97. The molecule has 4 nitrogen and oxygen atoms in total. The third-order valence-electron chi connectivity index (χ3n) is 3.38. The van der Waals surface area contributed by atoms with E-state index in [2.05, 4.69) is 31.0 Å². The molecule has 0 radical (unpaired) electrons. The molecule has 0 amide bonds. The minimum absolute atomic E-state index is 0.512. The van der Waals surface area contributed by atoms with Gasteiger partial charge in [0.1, 0.15) is 0 Å². The highest BCUT2D eigenvalue weighted by molar-refractivity contribution is 6.31. The summed E-state index contributed by atoms with van der Waals surface area (Å²) in [4.78, 5) is 2.20. The van der Waals surface area contributed by atoms with Gasteiger partial charge in [-0.15, -0.1) is 0 Å². The molecular weight excluding hydrogens is 248 g/mol. The molecule has 18 heavy (non-hydrogen) atoms. The molecular formula is C13H19ClN4. The van der Waals surface area contributed by atoms with Gasteiger partial charge < -0.3 is 10.6 Å². The molecule has 5 heteroatoms. The first-order valence-corrected chi connectivity index (χ1v) is 6.45. The highest BCUT2D eigenvalue weighted by Crippen LogP contribution is 2.24. The lowest BCUT2D eigenvalue weighted by Gasteiger charge is -2.19. The summed E-state index contributed by atoms with van der Waals surface area (Å²) >= 11 is 5.97. The predicted octanol–water partition coefficient (Wildman–Crippen LogP) is 2.61. The topological polar surface area (TPSA) is 47.1 Å². The van der Waals surface area contributed by atoms with Crippen LogP contribution >= 0.6 is 11.6 Å². The summed E-state index contributed by atoms with van der Waals surface area (Å²) in [6.45, 7) is 3.06. The molecule has 2 rings (SSSR count). The molecule has 1 heterocycles. The van der Waals surface area contributed by atoms with E-state index in [1.54, 1.807) is 0 Å². The van der Waals surface area contributed by atoms with E-state index >= 15 is 0 Å². The fourth-order valence-electron chi connectivity index (χ4n) is 1.91. The molecule has 1 atom stereocenters. The summed E-state index contributed by atoms with van der Waals surface area (Å²) in [5.41, 5.74) is 6.96. The van der Waals surface area contributed by atoms with E-state index in [9.17, 15) is 0 Å². The van der Waals surface area contributed by atoms with Gasteiger partial charge in [0, 0.05) is 23.0 Å². The van der Waals surface area contributed by atoms with E-state index in [0.717, 1.165) is 23.9 Å². The van der Waals surface area contributed by atoms with Crippen LogP contribution in [0.4, 0.5) is 5.82 Å². The third-order valence-corrected chi connectivity index (χ3v) is 3.62. The number of nitrogens with zero attached hydrogens (tertiary/aromatic N) is 3. The lowest BCUT2D eigenvalue weighted by molar-refractivity contribution is 0.286. The molecule has 0 spiro atoms. The Balaban J connectivity index is 2.24. The van der Waals surface area contributed by atoms with Crippen LogP contribution in [0.25, 0.3) is 10.9 Å². The summed E-state index contributed by atoms with van der Waals surface area (Å²) in [5, 5.41) is 6.00. The summed E-state index contributed by atoms with van der Waals surface area (Å²) in [5.74, 6) is 0.546. The Hall–Kier alpha value is -1.26. The van der Waals surface area contributed by atoms with Gasteiger partial charge >= 0.3 is 0 Å². The highest BCUT2D eigenvalue weighted by atomic mass is 35.5. The standard InChI is InChI=1S/C13H19ClN4/c1-9(17(2)3)6-7-18-12-5-4-10(14)8-11(12)13(15)16-18/h4-5,8-9H,6-7H2,1-3H3,(H2,15,16). The number of halogens is 1. The van der Waals surface area contributed by atoms with E-state index in [1.165, 1.54) is 0 Å². The van der Waals surface area contributed by atoms with Gasteiger partial charge in [-0.05, 0) is 45.6 Å². The lowest BCUT2D eigenvalue weighted by atomic mass is 10.2. The Morgan fingerprint density at radius 3 is 2.83 bits per heavy atom. The van der Waals surface area contributed by atoms with E-state index in [0.29, 0.717) is 16.9 Å². The first kappa shape index (κ1) is 13.2. The van der Waals surface area contributed by atoms with Crippen molar-refractivity contribution in [3.05, 3.63) is 23.2 Å². The number of rotatable bonds is 4. The minimum atomic E-state index is 0.512. The van der Waals surface area contributed by atoms with Crippen molar-refractivity contribution < 1.29 is 0 Å². The average Bonchev–Trinajstić information content (AvgIpc) is 2.63. The second-order valence-electron chi connectivity index (χ2n) is 4.87. The molecule has 2 N–H and O–H groups in total. The van der Waals surface area contributed by atoms with Gasteiger partial charge in [-0.25, -0.2) is 0 Å². The Morgan fingerprint density at radius 2 is 2.17 bits per heavy atom. The Morgan fingerprint density at radius 1 is 1.44 bits per heavy atom. The van der Waals surface area contributed by atoms with Gasteiger partial charge in [-0.1, -0.05) is 11.6 Å². The number of benzene rings is 1. The summed E-state index contributed by atoms with van der Waals surface area (Å²) in [7, 11) is 4.17. The molecule has 0 aliphatic rings. The smallest absolute Gasteiger partial charge is 0.153 e. The molecule has 1 aromatic carbocycles. The van der Waals surface area contributed by atoms with Crippen LogP contribution in [-0.2, 0) is 6.54 Å². The summed E-state index contributed by atoms with van der Waals surface area (Å²) in [6, 6.07) is 6.22. The van der Waals surface area contributed by atoms with Crippen LogP contribution in [-0.4, -0.2) is 34.8 Å². The molecule has 98 valence electrons. The molecule has 2 aromatic rings. The fraction of sp³-hybridized carbons (Fsp3) is 0.462. The Bertz CT molecular complexity index is 547. The monoisotopic (exact) mass is 266 g/mol.